The van der Waals surface area contributed by atoms with Crippen molar-refractivity contribution < 1.29 is 14.6 Å². The van der Waals surface area contributed by atoms with Gasteiger partial charge in [0.1, 0.15) is 0 Å². The van der Waals surface area contributed by atoms with E-state index in [1.165, 1.54) is 0 Å². The summed E-state index contributed by atoms with van der Waals surface area (Å²) in [4.78, 5) is 6.49. The molecule has 6 nitrogen and oxygen atoms in total. The third-order valence-electron chi connectivity index (χ3n) is 3.14. The van der Waals surface area contributed by atoms with Crippen molar-refractivity contribution in [1.82, 2.24) is 14.7 Å². The first-order chi connectivity index (χ1) is 9.49. The zero-order valence-electron chi connectivity index (χ0n) is 13.8. The lowest BCUT2D eigenvalue weighted by Gasteiger charge is -2.27. The van der Waals surface area contributed by atoms with Crippen LogP contribution in [0.15, 0.2) is 0 Å². The second-order valence-corrected chi connectivity index (χ2v) is 5.51. The van der Waals surface area contributed by atoms with E-state index in [2.05, 4.69) is 28.8 Å². The molecule has 0 aromatic heterocycles. The first-order valence-electron chi connectivity index (χ1n) is 7.21. The molecule has 0 aliphatic heterocycles. The number of hydrogen-bond acceptors (Lipinski definition) is 6. The molecule has 0 aliphatic carbocycles. The van der Waals surface area contributed by atoms with Crippen LogP contribution in [0.5, 0.6) is 0 Å². The summed E-state index contributed by atoms with van der Waals surface area (Å²) in [6, 6.07) is 0. The summed E-state index contributed by atoms with van der Waals surface area (Å²) in [5.41, 5.74) is 0. The molecule has 0 rings (SSSR count). The molecule has 0 aliphatic rings. The van der Waals surface area contributed by atoms with Gasteiger partial charge in [-0.3, -0.25) is 4.90 Å². The lowest BCUT2D eigenvalue weighted by Crippen LogP contribution is -2.42. The van der Waals surface area contributed by atoms with E-state index >= 15 is 0 Å². The number of likely N-dealkylation sites (N-methyl/N-ethyl adjacent to an activating group) is 2. The highest BCUT2D eigenvalue weighted by Crippen LogP contribution is 1.96. The summed E-state index contributed by atoms with van der Waals surface area (Å²) < 4.78 is 10.2. The van der Waals surface area contributed by atoms with Crippen LogP contribution in [0.3, 0.4) is 0 Å². The molecule has 0 radical (unpaired) electrons. The predicted octanol–water partition coefficient (Wildman–Crippen LogP) is -0.564. The van der Waals surface area contributed by atoms with Gasteiger partial charge >= 0.3 is 0 Å². The fraction of sp³-hybridized carbons (Fsp3) is 1.00. The zero-order chi connectivity index (χ0) is 15.4. The van der Waals surface area contributed by atoms with Crippen LogP contribution in [-0.2, 0) is 9.47 Å². The summed E-state index contributed by atoms with van der Waals surface area (Å²) >= 11 is 0. The maximum Gasteiger partial charge on any atom is 0.0793 e. The van der Waals surface area contributed by atoms with Crippen molar-refractivity contribution >= 4 is 0 Å². The minimum Gasteiger partial charge on any atom is -0.390 e. The van der Waals surface area contributed by atoms with Gasteiger partial charge in [0.2, 0.25) is 0 Å². The van der Waals surface area contributed by atoms with Crippen molar-refractivity contribution in [3.63, 3.8) is 0 Å². The fourth-order valence-corrected chi connectivity index (χ4v) is 1.91. The average Bonchev–Trinajstić information content (AvgIpc) is 2.39. The molecule has 1 N–H and O–H groups in total. The number of ether oxygens (including phenoxy) is 2. The highest BCUT2D eigenvalue weighted by Gasteiger charge is 2.13. The summed E-state index contributed by atoms with van der Waals surface area (Å²) in [6.45, 7) is 6.28. The number of aliphatic hydroxyl groups is 1. The highest BCUT2D eigenvalue weighted by molar-refractivity contribution is 4.68. The molecule has 0 saturated heterocycles. The van der Waals surface area contributed by atoms with Crippen LogP contribution in [0.1, 0.15) is 0 Å². The monoisotopic (exact) mass is 291 g/mol. The minimum atomic E-state index is -0.351. The molecule has 0 bridgehead atoms. The molecule has 0 aromatic rings. The lowest BCUT2D eigenvalue weighted by atomic mass is 10.3. The maximum absolute atomic E-state index is 10.2. The number of methoxy groups -OCH3 is 2. The van der Waals surface area contributed by atoms with E-state index in [-0.39, 0.29) is 6.10 Å². The summed E-state index contributed by atoms with van der Waals surface area (Å²) in [5.74, 6) is 0. The van der Waals surface area contributed by atoms with Gasteiger partial charge in [-0.1, -0.05) is 0 Å². The van der Waals surface area contributed by atoms with Crippen LogP contribution in [-0.4, -0.2) is 114 Å². The largest absolute Gasteiger partial charge is 0.390 e. The van der Waals surface area contributed by atoms with Gasteiger partial charge < -0.3 is 24.4 Å². The first kappa shape index (κ1) is 19.8. The van der Waals surface area contributed by atoms with Crippen LogP contribution in [0.4, 0.5) is 0 Å². The highest BCUT2D eigenvalue weighted by atomic mass is 16.5. The van der Waals surface area contributed by atoms with Gasteiger partial charge in [0, 0.05) is 53.5 Å². The Labute approximate surface area is 124 Å². The van der Waals surface area contributed by atoms with Crippen LogP contribution in [0.2, 0.25) is 0 Å². The van der Waals surface area contributed by atoms with E-state index in [0.717, 1.165) is 26.2 Å². The van der Waals surface area contributed by atoms with Gasteiger partial charge in [0.25, 0.3) is 0 Å². The van der Waals surface area contributed by atoms with Crippen LogP contribution < -0.4 is 0 Å². The normalized spacial score (nSPS) is 13.7. The second-order valence-electron chi connectivity index (χ2n) is 5.51. The molecule has 0 unspecified atom stereocenters. The van der Waals surface area contributed by atoms with Gasteiger partial charge in [-0.25, -0.2) is 0 Å². The number of rotatable bonds is 13. The van der Waals surface area contributed by atoms with Crippen LogP contribution in [0, 0.1) is 0 Å². The maximum atomic E-state index is 10.2. The van der Waals surface area contributed by atoms with E-state index in [1.54, 1.807) is 14.2 Å². The first-order valence-corrected chi connectivity index (χ1v) is 7.21. The molecule has 0 amide bonds. The number of nitrogens with zero attached hydrogens (tertiary/aromatic N) is 3. The Hall–Kier alpha value is -0.240. The van der Waals surface area contributed by atoms with Gasteiger partial charge in [-0.2, -0.15) is 0 Å². The lowest BCUT2D eigenvalue weighted by molar-refractivity contribution is 0.0538. The van der Waals surface area contributed by atoms with Crippen molar-refractivity contribution in [2.75, 3.05) is 87.8 Å². The molecule has 1 atom stereocenters. The van der Waals surface area contributed by atoms with E-state index in [4.69, 9.17) is 9.47 Å². The molecule has 20 heavy (non-hydrogen) atoms. The van der Waals surface area contributed by atoms with Crippen molar-refractivity contribution in [2.24, 2.45) is 0 Å². The molecule has 122 valence electrons. The van der Waals surface area contributed by atoms with Gasteiger partial charge in [0.05, 0.1) is 19.3 Å². The summed E-state index contributed by atoms with van der Waals surface area (Å²) in [7, 11) is 9.55. The fourth-order valence-electron chi connectivity index (χ4n) is 1.91. The molecule has 0 fully saturated rings. The average molecular weight is 291 g/mol. The summed E-state index contributed by atoms with van der Waals surface area (Å²) in [5, 5.41) is 10.2. The van der Waals surface area contributed by atoms with Gasteiger partial charge in [-0.05, 0) is 21.1 Å². The Kier molecular flexibility index (Phi) is 12.3. The Morgan fingerprint density at radius 3 is 1.85 bits per heavy atom. The smallest absolute Gasteiger partial charge is 0.0793 e. The Morgan fingerprint density at radius 1 is 0.850 bits per heavy atom. The van der Waals surface area contributed by atoms with Gasteiger partial charge in [0.15, 0.2) is 0 Å². The van der Waals surface area contributed by atoms with Crippen LogP contribution in [0.25, 0.3) is 0 Å². The molecule has 0 heterocycles. The third kappa shape index (κ3) is 11.6. The van der Waals surface area contributed by atoms with E-state index in [0.29, 0.717) is 26.3 Å². The number of aliphatic hydroxyl groups excluding tert-OH is 1. The SMILES string of the molecule is COCCN(CCOC)C[C@H](O)CN(C)CCN(C)C. The molecule has 0 spiro atoms. The van der Waals surface area contributed by atoms with Crippen molar-refractivity contribution in [3.05, 3.63) is 0 Å². The van der Waals surface area contributed by atoms with Crippen molar-refractivity contribution in [3.8, 4) is 0 Å². The Morgan fingerprint density at radius 2 is 1.40 bits per heavy atom. The Bertz CT molecular complexity index is 210. The molecule has 0 aromatic carbocycles. The minimum absolute atomic E-state index is 0.351. The zero-order valence-corrected chi connectivity index (χ0v) is 13.8. The summed E-state index contributed by atoms with van der Waals surface area (Å²) in [6.07, 6.45) is -0.351. The molecular weight excluding hydrogens is 258 g/mol. The van der Waals surface area contributed by atoms with Crippen molar-refractivity contribution in [1.29, 1.82) is 0 Å². The quantitative estimate of drug-likeness (QED) is 0.491. The van der Waals surface area contributed by atoms with E-state index in [1.807, 2.05) is 7.05 Å². The van der Waals surface area contributed by atoms with E-state index < -0.39 is 0 Å². The van der Waals surface area contributed by atoms with E-state index in [9.17, 15) is 5.11 Å². The number of hydrogen-bond donors (Lipinski definition) is 1. The predicted molar refractivity (Wildman–Crippen MR) is 82.2 cm³/mol. The molecule has 0 saturated carbocycles. The van der Waals surface area contributed by atoms with Gasteiger partial charge in [-0.15, -0.1) is 0 Å². The molecular formula is C14H33N3O3. The van der Waals surface area contributed by atoms with Crippen LogP contribution >= 0.6 is 0 Å². The standard InChI is InChI=1S/C14H33N3O3/c1-15(2)6-7-16(3)12-14(18)13-17(8-10-19-4)9-11-20-5/h14,18H,6-13H2,1-5H3/t14-/m1/s1. The Balaban J connectivity index is 3.99. The topological polar surface area (TPSA) is 48.4 Å². The van der Waals surface area contributed by atoms with Crippen molar-refractivity contribution in [2.45, 2.75) is 6.10 Å². The molecule has 6 heteroatoms. The third-order valence-corrected chi connectivity index (χ3v) is 3.14. The second kappa shape index (κ2) is 12.5.